The highest BCUT2D eigenvalue weighted by Gasteiger charge is 2.14. The standard InChI is InChI=1S/C23H30N2O3S/c1-16(15-18-7-11-20(12-8-18)23(3,4)5)22(26)24-17(2)19-9-13-21(14-10-19)25-29(6,27)28/h7-15,17,25H,1-6H3,(H,24,26)/b16-15+. The highest BCUT2D eigenvalue weighted by Crippen LogP contribution is 2.23. The Morgan fingerprint density at radius 1 is 1.00 bits per heavy atom. The number of benzene rings is 2. The van der Waals surface area contributed by atoms with Crippen molar-refractivity contribution in [2.24, 2.45) is 0 Å². The largest absolute Gasteiger partial charge is 0.346 e. The molecule has 2 rings (SSSR count). The zero-order chi connectivity index (χ0) is 21.8. The van der Waals surface area contributed by atoms with E-state index in [4.69, 9.17) is 0 Å². The summed E-state index contributed by atoms with van der Waals surface area (Å²) in [6.07, 6.45) is 2.98. The smallest absolute Gasteiger partial charge is 0.247 e. The van der Waals surface area contributed by atoms with Gasteiger partial charge in [-0.05, 0) is 54.2 Å². The highest BCUT2D eigenvalue weighted by molar-refractivity contribution is 7.92. The van der Waals surface area contributed by atoms with Crippen LogP contribution in [0.1, 0.15) is 57.4 Å². The monoisotopic (exact) mass is 414 g/mol. The number of nitrogens with one attached hydrogen (secondary N) is 2. The molecule has 0 spiro atoms. The predicted octanol–water partition coefficient (Wildman–Crippen LogP) is 4.64. The topological polar surface area (TPSA) is 75.3 Å². The molecular weight excluding hydrogens is 384 g/mol. The lowest BCUT2D eigenvalue weighted by molar-refractivity contribution is -0.118. The first-order chi connectivity index (χ1) is 13.3. The van der Waals surface area contributed by atoms with E-state index in [0.717, 1.165) is 17.4 Å². The van der Waals surface area contributed by atoms with Crippen molar-refractivity contribution in [3.63, 3.8) is 0 Å². The molecule has 0 fully saturated rings. The van der Waals surface area contributed by atoms with Crippen LogP contribution in [-0.4, -0.2) is 20.6 Å². The SMILES string of the molecule is C/C(=C\c1ccc(C(C)(C)C)cc1)C(=O)NC(C)c1ccc(NS(C)(=O)=O)cc1. The van der Waals surface area contributed by atoms with E-state index >= 15 is 0 Å². The van der Waals surface area contributed by atoms with Crippen LogP contribution < -0.4 is 10.0 Å². The lowest BCUT2D eigenvalue weighted by Gasteiger charge is -2.19. The zero-order valence-electron chi connectivity index (χ0n) is 17.9. The van der Waals surface area contributed by atoms with Gasteiger partial charge in [0, 0.05) is 11.3 Å². The first kappa shape index (κ1) is 22.7. The zero-order valence-corrected chi connectivity index (χ0v) is 18.7. The van der Waals surface area contributed by atoms with E-state index < -0.39 is 10.0 Å². The molecule has 1 amide bonds. The van der Waals surface area contributed by atoms with Gasteiger partial charge in [-0.3, -0.25) is 9.52 Å². The van der Waals surface area contributed by atoms with E-state index in [1.165, 1.54) is 5.56 Å². The van der Waals surface area contributed by atoms with Crippen LogP contribution in [0.4, 0.5) is 5.69 Å². The van der Waals surface area contributed by atoms with Crippen molar-refractivity contribution in [1.29, 1.82) is 0 Å². The third-order valence-electron chi connectivity index (χ3n) is 4.58. The number of amides is 1. The van der Waals surface area contributed by atoms with Crippen LogP contribution in [0.5, 0.6) is 0 Å². The summed E-state index contributed by atoms with van der Waals surface area (Å²) in [7, 11) is -3.31. The van der Waals surface area contributed by atoms with E-state index in [9.17, 15) is 13.2 Å². The summed E-state index contributed by atoms with van der Waals surface area (Å²) in [6, 6.07) is 15.0. The number of carbonyl (C=O) groups excluding carboxylic acids is 1. The minimum atomic E-state index is -3.31. The highest BCUT2D eigenvalue weighted by atomic mass is 32.2. The van der Waals surface area contributed by atoms with Gasteiger partial charge in [-0.15, -0.1) is 0 Å². The molecule has 0 aromatic heterocycles. The number of hydrogen-bond acceptors (Lipinski definition) is 3. The van der Waals surface area contributed by atoms with Gasteiger partial charge in [-0.1, -0.05) is 57.2 Å². The van der Waals surface area contributed by atoms with Crippen LogP contribution in [0.2, 0.25) is 0 Å². The van der Waals surface area contributed by atoms with E-state index in [-0.39, 0.29) is 17.4 Å². The molecule has 0 aliphatic heterocycles. The van der Waals surface area contributed by atoms with Gasteiger partial charge in [0.25, 0.3) is 0 Å². The van der Waals surface area contributed by atoms with Gasteiger partial charge in [0.1, 0.15) is 0 Å². The fraction of sp³-hybridized carbons (Fsp3) is 0.348. The number of sulfonamides is 1. The Bertz CT molecular complexity index is 984. The van der Waals surface area contributed by atoms with Crippen LogP contribution in [0.15, 0.2) is 54.1 Å². The van der Waals surface area contributed by atoms with Crippen molar-refractivity contribution in [2.45, 2.75) is 46.1 Å². The lowest BCUT2D eigenvalue weighted by atomic mass is 9.86. The van der Waals surface area contributed by atoms with Crippen LogP contribution in [-0.2, 0) is 20.2 Å². The molecule has 2 N–H and O–H groups in total. The molecule has 0 bridgehead atoms. The second-order valence-corrected chi connectivity index (χ2v) is 10.1. The Labute approximate surface area is 174 Å². The molecule has 29 heavy (non-hydrogen) atoms. The molecular formula is C23H30N2O3S. The van der Waals surface area contributed by atoms with Crippen molar-refractivity contribution >= 4 is 27.7 Å². The van der Waals surface area contributed by atoms with Crippen LogP contribution >= 0.6 is 0 Å². The second kappa shape index (κ2) is 8.82. The Morgan fingerprint density at radius 3 is 2.03 bits per heavy atom. The van der Waals surface area contributed by atoms with E-state index in [2.05, 4.69) is 42.9 Å². The number of rotatable bonds is 6. The summed E-state index contributed by atoms with van der Waals surface area (Å²) >= 11 is 0. The number of anilines is 1. The van der Waals surface area contributed by atoms with Gasteiger partial charge >= 0.3 is 0 Å². The van der Waals surface area contributed by atoms with E-state index in [0.29, 0.717) is 11.3 Å². The summed E-state index contributed by atoms with van der Waals surface area (Å²) in [5.74, 6) is -0.143. The first-order valence-electron chi connectivity index (χ1n) is 9.52. The number of hydrogen-bond donors (Lipinski definition) is 2. The molecule has 0 radical (unpaired) electrons. The maximum atomic E-state index is 12.5. The maximum Gasteiger partial charge on any atom is 0.247 e. The van der Waals surface area contributed by atoms with Gasteiger partial charge in [0.15, 0.2) is 0 Å². The van der Waals surface area contributed by atoms with E-state index in [1.807, 2.05) is 25.1 Å². The molecule has 0 aliphatic rings. The van der Waals surface area contributed by atoms with Gasteiger partial charge in [0.05, 0.1) is 12.3 Å². The third kappa shape index (κ3) is 7.06. The van der Waals surface area contributed by atoms with Crippen molar-refractivity contribution in [3.8, 4) is 0 Å². The van der Waals surface area contributed by atoms with Crippen LogP contribution in [0.3, 0.4) is 0 Å². The molecule has 0 saturated carbocycles. The molecule has 0 heterocycles. The fourth-order valence-corrected chi connectivity index (χ4v) is 3.41. The second-order valence-electron chi connectivity index (χ2n) is 8.39. The summed E-state index contributed by atoms with van der Waals surface area (Å²) in [5.41, 5.74) is 4.32. The summed E-state index contributed by atoms with van der Waals surface area (Å²) in [6.45, 7) is 10.2. The molecule has 6 heteroatoms. The molecule has 1 unspecified atom stereocenters. The Balaban J connectivity index is 2.03. The van der Waals surface area contributed by atoms with Crippen molar-refractivity contribution in [1.82, 2.24) is 5.32 Å². The van der Waals surface area contributed by atoms with E-state index in [1.54, 1.807) is 31.2 Å². The summed E-state index contributed by atoms with van der Waals surface area (Å²) in [5, 5.41) is 2.97. The lowest BCUT2D eigenvalue weighted by Crippen LogP contribution is -2.27. The minimum Gasteiger partial charge on any atom is -0.346 e. The first-order valence-corrected chi connectivity index (χ1v) is 11.4. The van der Waals surface area contributed by atoms with Gasteiger partial charge in [-0.25, -0.2) is 8.42 Å². The third-order valence-corrected chi connectivity index (χ3v) is 5.19. The molecule has 0 aliphatic carbocycles. The maximum absolute atomic E-state index is 12.5. The molecule has 1 atom stereocenters. The van der Waals surface area contributed by atoms with Crippen LogP contribution in [0, 0.1) is 0 Å². The average Bonchev–Trinajstić information content (AvgIpc) is 2.60. The Kier molecular flexibility index (Phi) is 6.90. The Morgan fingerprint density at radius 2 is 1.55 bits per heavy atom. The normalized spacial score (nSPS) is 13.7. The van der Waals surface area contributed by atoms with Gasteiger partial charge in [0.2, 0.25) is 15.9 Å². The van der Waals surface area contributed by atoms with Crippen LogP contribution in [0.25, 0.3) is 6.08 Å². The average molecular weight is 415 g/mol. The van der Waals surface area contributed by atoms with Crippen molar-refractivity contribution < 1.29 is 13.2 Å². The summed E-state index contributed by atoms with van der Waals surface area (Å²) < 4.78 is 25.0. The molecule has 2 aromatic rings. The molecule has 5 nitrogen and oxygen atoms in total. The summed E-state index contributed by atoms with van der Waals surface area (Å²) in [4.78, 5) is 12.5. The minimum absolute atomic E-state index is 0.0937. The van der Waals surface area contributed by atoms with Crippen molar-refractivity contribution in [3.05, 3.63) is 70.8 Å². The molecule has 2 aromatic carbocycles. The quantitative estimate of drug-likeness (QED) is 0.677. The number of carbonyl (C=O) groups is 1. The molecule has 0 saturated heterocycles. The Hall–Kier alpha value is -2.60. The van der Waals surface area contributed by atoms with Crippen molar-refractivity contribution in [2.75, 3.05) is 11.0 Å². The predicted molar refractivity (Wildman–Crippen MR) is 120 cm³/mol. The van der Waals surface area contributed by atoms with Gasteiger partial charge in [-0.2, -0.15) is 0 Å². The molecule has 156 valence electrons. The fourth-order valence-electron chi connectivity index (χ4n) is 2.84. The van der Waals surface area contributed by atoms with Gasteiger partial charge < -0.3 is 5.32 Å².